The molecule has 2 N–H and O–H groups in total. The maximum atomic E-state index is 5.97. The van der Waals surface area contributed by atoms with E-state index in [0.717, 1.165) is 0 Å². The Morgan fingerprint density at radius 3 is 2.06 bits per heavy atom. The Morgan fingerprint density at radius 1 is 1.12 bits per heavy atom. The lowest BCUT2D eigenvalue weighted by Crippen LogP contribution is -2.43. The van der Waals surface area contributed by atoms with Crippen molar-refractivity contribution in [2.45, 2.75) is 65.3 Å². The van der Waals surface area contributed by atoms with Crippen molar-refractivity contribution >= 4 is 0 Å². The lowest BCUT2D eigenvalue weighted by atomic mass is 9.67. The van der Waals surface area contributed by atoms with E-state index in [9.17, 15) is 0 Å². The van der Waals surface area contributed by atoms with E-state index in [1.807, 2.05) is 13.8 Å². The zero-order valence-electron chi connectivity index (χ0n) is 11.5. The van der Waals surface area contributed by atoms with Crippen molar-refractivity contribution in [3.05, 3.63) is 0 Å². The summed E-state index contributed by atoms with van der Waals surface area (Å²) in [6.07, 6.45) is 8.18. The van der Waals surface area contributed by atoms with Crippen LogP contribution in [0.2, 0.25) is 0 Å². The molecule has 16 heavy (non-hydrogen) atoms. The molecule has 1 aliphatic carbocycles. The van der Waals surface area contributed by atoms with Crippen LogP contribution in [0.25, 0.3) is 0 Å². The van der Waals surface area contributed by atoms with Crippen molar-refractivity contribution < 1.29 is 1.43 Å². The Bertz CT molecular complexity index is 179. The SMILES string of the molecule is CC.CCN1CCC2(CCC(N)CC2)CC1.[HH]. The van der Waals surface area contributed by atoms with Crippen LogP contribution >= 0.6 is 0 Å². The molecule has 1 heterocycles. The minimum atomic E-state index is 0. The molecule has 0 aromatic heterocycles. The highest BCUT2D eigenvalue weighted by Gasteiger charge is 2.36. The number of nitrogens with two attached hydrogens (primary N) is 1. The van der Waals surface area contributed by atoms with Crippen molar-refractivity contribution in [3.8, 4) is 0 Å². The van der Waals surface area contributed by atoms with E-state index in [2.05, 4.69) is 11.8 Å². The summed E-state index contributed by atoms with van der Waals surface area (Å²) < 4.78 is 0. The van der Waals surface area contributed by atoms with E-state index in [0.29, 0.717) is 11.5 Å². The summed E-state index contributed by atoms with van der Waals surface area (Å²) in [6.45, 7) is 10.2. The lowest BCUT2D eigenvalue weighted by molar-refractivity contribution is 0.0655. The third kappa shape index (κ3) is 3.46. The predicted molar refractivity (Wildman–Crippen MR) is 73.7 cm³/mol. The van der Waals surface area contributed by atoms with Gasteiger partial charge in [0.15, 0.2) is 0 Å². The first-order valence-electron chi connectivity index (χ1n) is 7.22. The van der Waals surface area contributed by atoms with E-state index in [1.165, 1.54) is 58.2 Å². The van der Waals surface area contributed by atoms with E-state index in [1.54, 1.807) is 0 Å². The maximum absolute atomic E-state index is 5.97. The Balaban J connectivity index is 0.000000811. The van der Waals surface area contributed by atoms with Gasteiger partial charge in [-0.2, -0.15) is 0 Å². The van der Waals surface area contributed by atoms with Crippen LogP contribution in [0.1, 0.15) is 60.7 Å². The smallest absolute Gasteiger partial charge is 0.00392 e. The zero-order chi connectivity index (χ0) is 12.0. The summed E-state index contributed by atoms with van der Waals surface area (Å²) in [4.78, 5) is 2.58. The van der Waals surface area contributed by atoms with Crippen molar-refractivity contribution in [1.29, 1.82) is 0 Å². The number of hydrogen-bond acceptors (Lipinski definition) is 2. The molecule has 0 atom stereocenters. The van der Waals surface area contributed by atoms with Gasteiger partial charge in [-0.05, 0) is 63.6 Å². The van der Waals surface area contributed by atoms with Gasteiger partial charge in [0.25, 0.3) is 0 Å². The molecule has 2 heteroatoms. The van der Waals surface area contributed by atoms with Crippen molar-refractivity contribution in [3.63, 3.8) is 0 Å². The maximum Gasteiger partial charge on any atom is 0.00392 e. The Labute approximate surface area is 103 Å². The van der Waals surface area contributed by atoms with Gasteiger partial charge in [-0.3, -0.25) is 0 Å². The van der Waals surface area contributed by atoms with Gasteiger partial charge in [0.05, 0.1) is 0 Å². The van der Waals surface area contributed by atoms with Crippen molar-refractivity contribution in [1.82, 2.24) is 4.90 Å². The largest absolute Gasteiger partial charge is 0.328 e. The summed E-state index contributed by atoms with van der Waals surface area (Å²) in [5.74, 6) is 0. The molecule has 2 nitrogen and oxygen atoms in total. The van der Waals surface area contributed by atoms with Crippen LogP contribution in [0.3, 0.4) is 0 Å². The van der Waals surface area contributed by atoms with Crippen LogP contribution in [-0.2, 0) is 0 Å². The molecule has 0 unspecified atom stereocenters. The predicted octanol–water partition coefficient (Wildman–Crippen LogP) is 3.26. The highest BCUT2D eigenvalue weighted by atomic mass is 15.1. The van der Waals surface area contributed by atoms with Crippen molar-refractivity contribution in [2.24, 2.45) is 11.1 Å². The van der Waals surface area contributed by atoms with Crippen LogP contribution in [0.5, 0.6) is 0 Å². The molecule has 0 aromatic carbocycles. The molecule has 1 saturated heterocycles. The van der Waals surface area contributed by atoms with Crippen LogP contribution in [0, 0.1) is 5.41 Å². The van der Waals surface area contributed by atoms with Gasteiger partial charge < -0.3 is 10.6 Å². The Hall–Kier alpha value is -0.0800. The number of nitrogens with zero attached hydrogens (tertiary/aromatic N) is 1. The summed E-state index contributed by atoms with van der Waals surface area (Å²) in [6, 6.07) is 0.504. The third-order valence-corrected chi connectivity index (χ3v) is 4.45. The Kier molecular flexibility index (Phi) is 5.77. The summed E-state index contributed by atoms with van der Waals surface area (Å²) in [5, 5.41) is 0. The van der Waals surface area contributed by atoms with Crippen LogP contribution in [0.15, 0.2) is 0 Å². The van der Waals surface area contributed by atoms with Crippen LogP contribution in [0.4, 0.5) is 0 Å². The Morgan fingerprint density at radius 2 is 1.62 bits per heavy atom. The molecule has 0 amide bonds. The molecular formula is C14H32N2. The van der Waals surface area contributed by atoms with Gasteiger partial charge in [0.2, 0.25) is 0 Å². The second-order valence-corrected chi connectivity index (χ2v) is 5.27. The van der Waals surface area contributed by atoms with Crippen LogP contribution in [-0.4, -0.2) is 30.6 Å². The third-order valence-electron chi connectivity index (χ3n) is 4.45. The quantitative estimate of drug-likeness (QED) is 0.746. The first-order valence-corrected chi connectivity index (χ1v) is 7.22. The van der Waals surface area contributed by atoms with Gasteiger partial charge in [0, 0.05) is 7.47 Å². The fraction of sp³-hybridized carbons (Fsp3) is 1.00. The molecule has 0 aromatic rings. The minimum absolute atomic E-state index is 0. The summed E-state index contributed by atoms with van der Waals surface area (Å²) in [7, 11) is 0. The van der Waals surface area contributed by atoms with Gasteiger partial charge in [-0.25, -0.2) is 0 Å². The van der Waals surface area contributed by atoms with E-state index in [4.69, 9.17) is 5.73 Å². The molecule has 2 fully saturated rings. The fourth-order valence-corrected chi connectivity index (χ4v) is 3.10. The topological polar surface area (TPSA) is 29.3 Å². The van der Waals surface area contributed by atoms with Gasteiger partial charge in [-0.15, -0.1) is 0 Å². The first kappa shape index (κ1) is 14.0. The van der Waals surface area contributed by atoms with Gasteiger partial charge >= 0.3 is 0 Å². The highest BCUT2D eigenvalue weighted by Crippen LogP contribution is 2.44. The molecule has 2 rings (SSSR count). The molecule has 0 bridgehead atoms. The molecule has 1 saturated carbocycles. The van der Waals surface area contributed by atoms with Crippen molar-refractivity contribution in [2.75, 3.05) is 19.6 Å². The van der Waals surface area contributed by atoms with Crippen LogP contribution < -0.4 is 5.73 Å². The highest BCUT2D eigenvalue weighted by molar-refractivity contribution is 4.90. The fourth-order valence-electron chi connectivity index (χ4n) is 3.10. The molecule has 2 aliphatic rings. The number of piperidine rings is 1. The number of likely N-dealkylation sites (tertiary alicyclic amines) is 1. The molecule has 98 valence electrons. The van der Waals surface area contributed by atoms with E-state index in [-0.39, 0.29) is 1.43 Å². The average molecular weight is 228 g/mol. The summed E-state index contributed by atoms with van der Waals surface area (Å²) >= 11 is 0. The first-order chi connectivity index (χ1) is 7.74. The zero-order valence-corrected chi connectivity index (χ0v) is 11.5. The number of rotatable bonds is 1. The minimum Gasteiger partial charge on any atom is -0.328 e. The molecule has 1 aliphatic heterocycles. The second-order valence-electron chi connectivity index (χ2n) is 5.27. The van der Waals surface area contributed by atoms with E-state index >= 15 is 0 Å². The van der Waals surface area contributed by atoms with Gasteiger partial charge in [-0.1, -0.05) is 20.8 Å². The molecular weight excluding hydrogens is 196 g/mol. The average Bonchev–Trinajstić information content (AvgIpc) is 2.37. The monoisotopic (exact) mass is 228 g/mol. The molecule has 0 radical (unpaired) electrons. The number of hydrogen-bond donors (Lipinski definition) is 1. The normalized spacial score (nSPS) is 26.2. The standard InChI is InChI=1S/C12H24N2.C2H6.H2/c1-2-14-9-7-12(8-10-14)5-3-11(13)4-6-12;1-2;/h11H,2-10,13H2,1H3;1-2H3;1H. The lowest BCUT2D eigenvalue weighted by Gasteiger charge is -2.45. The second kappa shape index (κ2) is 6.61. The molecule has 1 spiro atoms. The summed E-state index contributed by atoms with van der Waals surface area (Å²) in [5.41, 5.74) is 6.66. The van der Waals surface area contributed by atoms with Gasteiger partial charge in [0.1, 0.15) is 0 Å². The van der Waals surface area contributed by atoms with E-state index < -0.39 is 0 Å².